The fourth-order valence-corrected chi connectivity index (χ4v) is 4.27. The van der Waals surface area contributed by atoms with Crippen LogP contribution in [0.5, 0.6) is 0 Å². The molecule has 0 spiro atoms. The van der Waals surface area contributed by atoms with Gasteiger partial charge in [0.15, 0.2) is 0 Å². The summed E-state index contributed by atoms with van der Waals surface area (Å²) in [5.41, 5.74) is 0. The Bertz CT molecular complexity index is 665. The molecule has 196 valence electrons. The van der Waals surface area contributed by atoms with Crippen LogP contribution >= 0.6 is 0 Å². The van der Waals surface area contributed by atoms with Gasteiger partial charge in [-0.05, 0) is 59.0 Å². The molecule has 2 rings (SSSR count). The first-order chi connectivity index (χ1) is 16.3. The second-order valence-corrected chi connectivity index (χ2v) is 9.24. The molecule has 0 N–H and O–H groups in total. The van der Waals surface area contributed by atoms with Gasteiger partial charge in [0.1, 0.15) is 19.0 Å². The molecule has 2 aliphatic heterocycles. The Morgan fingerprint density at radius 3 is 2.35 bits per heavy atom. The Hall–Kier alpha value is -1.29. The highest BCUT2D eigenvalue weighted by Gasteiger charge is 2.57. The number of carbonyl (C=O) groups is 1. The Balaban J connectivity index is 2.34. The van der Waals surface area contributed by atoms with E-state index in [1.807, 2.05) is 6.92 Å². The molecule has 0 radical (unpaired) electrons. The minimum atomic E-state index is -1.22. The molecule has 8 heteroatoms. The molecule has 0 unspecified atom stereocenters. The quantitative estimate of drug-likeness (QED) is 0.317. The third-order valence-electron chi connectivity index (χ3n) is 6.67. The van der Waals surface area contributed by atoms with Crippen molar-refractivity contribution in [2.24, 2.45) is 0 Å². The Labute approximate surface area is 204 Å². The second-order valence-electron chi connectivity index (χ2n) is 9.24. The van der Waals surface area contributed by atoms with Crippen LogP contribution in [0.2, 0.25) is 0 Å². The van der Waals surface area contributed by atoms with Gasteiger partial charge in [-0.25, -0.2) is 4.79 Å². The number of allylic oxidation sites excluding steroid dienone is 1. The van der Waals surface area contributed by atoms with Crippen molar-refractivity contribution in [1.29, 1.82) is 0 Å². The summed E-state index contributed by atoms with van der Waals surface area (Å²) in [7, 11) is 4.65. The number of hydrogen-bond acceptors (Lipinski definition) is 8. The zero-order valence-corrected chi connectivity index (χ0v) is 21.7. The highest BCUT2D eigenvalue weighted by atomic mass is 16.8. The van der Waals surface area contributed by atoms with Crippen molar-refractivity contribution in [3.63, 3.8) is 0 Å². The Morgan fingerprint density at radius 2 is 1.65 bits per heavy atom. The number of methoxy groups -OCH3 is 3. The van der Waals surface area contributed by atoms with Crippen LogP contribution in [0.15, 0.2) is 24.3 Å². The number of carbonyl (C=O) groups excluding carboxylic acids is 1. The van der Waals surface area contributed by atoms with Crippen molar-refractivity contribution in [3.8, 4) is 0 Å². The molecule has 0 amide bonds. The molecule has 1 saturated heterocycles. The van der Waals surface area contributed by atoms with Gasteiger partial charge >= 0.3 is 5.97 Å². The summed E-state index contributed by atoms with van der Waals surface area (Å²) >= 11 is 0. The molecule has 1 fully saturated rings. The predicted octanol–water partition coefficient (Wildman–Crippen LogP) is 4.66. The van der Waals surface area contributed by atoms with Crippen molar-refractivity contribution in [3.05, 3.63) is 24.3 Å². The first-order valence-corrected chi connectivity index (χ1v) is 12.4. The Kier molecular flexibility index (Phi) is 12.2. The molecular weight excluding hydrogens is 440 g/mol. The monoisotopic (exact) mass is 484 g/mol. The molecule has 8 nitrogen and oxygen atoms in total. The van der Waals surface area contributed by atoms with Gasteiger partial charge in [-0.15, -0.1) is 0 Å². The molecule has 2 aliphatic rings. The highest BCUT2D eigenvalue weighted by molar-refractivity contribution is 5.82. The molecule has 34 heavy (non-hydrogen) atoms. The van der Waals surface area contributed by atoms with Crippen LogP contribution in [0.4, 0.5) is 0 Å². The van der Waals surface area contributed by atoms with Crippen LogP contribution in [0.25, 0.3) is 0 Å². The molecule has 6 atom stereocenters. The van der Waals surface area contributed by atoms with Gasteiger partial charge in [-0.1, -0.05) is 31.4 Å². The van der Waals surface area contributed by atoms with E-state index in [1.165, 1.54) is 26.0 Å². The molecule has 0 aromatic carbocycles. The lowest BCUT2D eigenvalue weighted by Crippen LogP contribution is -2.66. The summed E-state index contributed by atoms with van der Waals surface area (Å²) in [6.07, 6.45) is 13.8. The van der Waals surface area contributed by atoms with E-state index in [9.17, 15) is 4.79 Å². The van der Waals surface area contributed by atoms with Gasteiger partial charge in [-0.2, -0.15) is 0 Å². The van der Waals surface area contributed by atoms with Crippen LogP contribution in [-0.2, 0) is 38.0 Å². The van der Waals surface area contributed by atoms with Crippen LogP contribution < -0.4 is 0 Å². The zero-order chi connectivity index (χ0) is 25.0. The van der Waals surface area contributed by atoms with E-state index >= 15 is 0 Å². The number of fused-ring (bicyclic) bond motifs is 1. The van der Waals surface area contributed by atoms with Gasteiger partial charge < -0.3 is 33.2 Å². The Morgan fingerprint density at radius 1 is 0.971 bits per heavy atom. The topological polar surface area (TPSA) is 81.7 Å². The number of esters is 1. The van der Waals surface area contributed by atoms with Gasteiger partial charge in [0, 0.05) is 27.4 Å². The number of cyclic esters (lactones) is 1. The van der Waals surface area contributed by atoms with Crippen LogP contribution in [0.1, 0.15) is 72.1 Å². The minimum Gasteiger partial charge on any atom is -0.460 e. The summed E-state index contributed by atoms with van der Waals surface area (Å²) in [6, 6.07) is 0. The lowest BCUT2D eigenvalue weighted by Gasteiger charge is -2.52. The molecular formula is C26H44O8. The van der Waals surface area contributed by atoms with Crippen molar-refractivity contribution < 1.29 is 38.0 Å². The maximum absolute atomic E-state index is 12.5. The molecule has 0 aromatic heterocycles. The fraction of sp³-hybridized carbons (Fsp3) is 0.808. The number of ether oxygens (including phenoxy) is 7. The van der Waals surface area contributed by atoms with Crippen molar-refractivity contribution in [1.82, 2.24) is 0 Å². The summed E-state index contributed by atoms with van der Waals surface area (Å²) in [6.45, 7) is 5.54. The maximum Gasteiger partial charge on any atom is 0.330 e. The van der Waals surface area contributed by atoms with Gasteiger partial charge in [0.25, 0.3) is 0 Å². The largest absolute Gasteiger partial charge is 0.460 e. The normalized spacial score (nSPS) is 38.7. The minimum absolute atomic E-state index is 0.0968. The van der Waals surface area contributed by atoms with Gasteiger partial charge in [0.2, 0.25) is 11.6 Å². The summed E-state index contributed by atoms with van der Waals surface area (Å²) in [5.74, 6) is -2.84. The number of rotatable bonds is 5. The summed E-state index contributed by atoms with van der Waals surface area (Å²) in [5, 5.41) is 0. The van der Waals surface area contributed by atoms with E-state index in [1.54, 1.807) is 34.1 Å². The summed E-state index contributed by atoms with van der Waals surface area (Å²) < 4.78 is 40.9. The SMILES string of the molecule is COCO[C@@H]1C/C=C\CCCCCCC[C@H](C)OC(=O)/C=C/[C@@H]2O[C@@](C)(OC)[C@](C)(OC)O[C@H]21. The standard InChI is InChI=1S/C26H44O8/c1-20-15-13-11-9-7-8-10-12-14-16-21(31-19-28-4)24-22(17-18-23(27)32-20)33-25(2,29-5)26(3,30-6)34-24/h12,14,17-18,20-22,24H,7-11,13,15-16,19H2,1-6H3/b14-12-,18-17+/t20-,21+,22-,24-,25+,26+/m0/s1. The third-order valence-corrected chi connectivity index (χ3v) is 6.67. The van der Waals surface area contributed by atoms with E-state index in [4.69, 9.17) is 33.2 Å². The smallest absolute Gasteiger partial charge is 0.330 e. The third kappa shape index (κ3) is 8.14. The first kappa shape index (κ1) is 28.9. The second kappa shape index (κ2) is 14.3. The van der Waals surface area contributed by atoms with Crippen molar-refractivity contribution in [2.75, 3.05) is 28.1 Å². The molecule has 0 aromatic rings. The maximum atomic E-state index is 12.5. The van der Waals surface area contributed by atoms with E-state index < -0.39 is 35.9 Å². The number of hydrogen-bond donors (Lipinski definition) is 0. The fourth-order valence-electron chi connectivity index (χ4n) is 4.27. The lowest BCUT2D eigenvalue weighted by atomic mass is 9.97. The molecule has 2 heterocycles. The van der Waals surface area contributed by atoms with Crippen LogP contribution in [-0.4, -0.2) is 70.1 Å². The van der Waals surface area contributed by atoms with Crippen LogP contribution in [0, 0.1) is 0 Å². The van der Waals surface area contributed by atoms with E-state index in [-0.39, 0.29) is 12.9 Å². The molecule has 0 saturated carbocycles. The predicted molar refractivity (Wildman–Crippen MR) is 128 cm³/mol. The highest BCUT2D eigenvalue weighted by Crippen LogP contribution is 2.41. The van der Waals surface area contributed by atoms with Crippen molar-refractivity contribution in [2.45, 2.75) is 108 Å². The zero-order valence-electron chi connectivity index (χ0n) is 21.7. The van der Waals surface area contributed by atoms with E-state index in [0.717, 1.165) is 32.1 Å². The average molecular weight is 485 g/mol. The van der Waals surface area contributed by atoms with E-state index in [0.29, 0.717) is 6.42 Å². The molecule has 0 aliphatic carbocycles. The van der Waals surface area contributed by atoms with Crippen LogP contribution in [0.3, 0.4) is 0 Å². The summed E-state index contributed by atoms with van der Waals surface area (Å²) in [4.78, 5) is 12.5. The van der Waals surface area contributed by atoms with Gasteiger partial charge in [0.05, 0.1) is 12.2 Å². The van der Waals surface area contributed by atoms with E-state index in [2.05, 4.69) is 12.2 Å². The average Bonchev–Trinajstić information content (AvgIpc) is 2.82. The van der Waals surface area contributed by atoms with Gasteiger partial charge in [-0.3, -0.25) is 0 Å². The molecule has 0 bridgehead atoms. The van der Waals surface area contributed by atoms with Crippen molar-refractivity contribution >= 4 is 5.97 Å². The first-order valence-electron chi connectivity index (χ1n) is 12.4. The lowest BCUT2D eigenvalue weighted by molar-refractivity contribution is -0.449.